The average Bonchev–Trinajstić information content (AvgIpc) is 3.27. The van der Waals surface area contributed by atoms with Crippen molar-refractivity contribution < 1.29 is 4.92 Å². The number of hydrogen-bond acceptors (Lipinski definition) is 7. The van der Waals surface area contributed by atoms with Gasteiger partial charge in [0, 0.05) is 58.6 Å². The van der Waals surface area contributed by atoms with Crippen LogP contribution in [0.4, 0.5) is 0 Å². The molecule has 1 N–H and O–H groups in total. The Hall–Kier alpha value is -2.52. The summed E-state index contributed by atoms with van der Waals surface area (Å²) in [7, 11) is 0. The monoisotopic (exact) mass is 522 g/mol. The molecule has 0 bridgehead atoms. The van der Waals surface area contributed by atoms with Crippen LogP contribution in [0.2, 0.25) is 5.15 Å². The van der Waals surface area contributed by atoms with E-state index < -0.39 is 4.92 Å². The van der Waals surface area contributed by atoms with E-state index >= 15 is 0 Å². The van der Waals surface area contributed by atoms with Gasteiger partial charge >= 0.3 is 5.70 Å². The molecule has 3 heterocycles. The van der Waals surface area contributed by atoms with Crippen LogP contribution < -0.4 is 5.32 Å². The molecule has 0 spiro atoms. The summed E-state index contributed by atoms with van der Waals surface area (Å²) in [6.07, 6.45) is 1.67. The molecular weight excluding hydrogens is 499 g/mol. The Morgan fingerprint density at radius 2 is 1.74 bits per heavy atom. The smallest absolute Gasteiger partial charge is 0.334 e. The zero-order valence-corrected chi connectivity index (χ0v) is 20.7. The first-order valence-electron chi connectivity index (χ1n) is 11.0. The average molecular weight is 524 g/mol. The molecule has 0 amide bonds. The Bertz CT molecular complexity index is 1070. The number of hydrogen-bond donors (Lipinski definition) is 1. The predicted molar refractivity (Wildman–Crippen MR) is 134 cm³/mol. The van der Waals surface area contributed by atoms with Gasteiger partial charge in [-0.3, -0.25) is 15.0 Å². The van der Waals surface area contributed by atoms with Gasteiger partial charge in [-0.25, -0.2) is 4.98 Å². The third-order valence-electron chi connectivity index (χ3n) is 5.90. The first-order chi connectivity index (χ1) is 16.4. The lowest BCUT2D eigenvalue weighted by Gasteiger charge is -2.36. The number of halogens is 3. The van der Waals surface area contributed by atoms with Crippen LogP contribution in [-0.4, -0.2) is 63.9 Å². The fourth-order valence-electron chi connectivity index (χ4n) is 4.26. The molecule has 0 saturated carbocycles. The molecule has 8 nitrogen and oxygen atoms in total. The zero-order valence-electron chi connectivity index (χ0n) is 18.5. The van der Waals surface area contributed by atoms with Crippen LogP contribution in [0.5, 0.6) is 0 Å². The van der Waals surface area contributed by atoms with Crippen molar-refractivity contribution in [3.8, 4) is 0 Å². The maximum atomic E-state index is 12.3. The molecular formula is C23H25Cl3N6O2. The van der Waals surface area contributed by atoms with Gasteiger partial charge in [-0.2, -0.15) is 0 Å². The lowest BCUT2D eigenvalue weighted by molar-refractivity contribution is -0.425. The maximum absolute atomic E-state index is 12.3. The minimum Gasteiger partial charge on any atom is -0.364 e. The van der Waals surface area contributed by atoms with Crippen LogP contribution in [0.15, 0.2) is 70.4 Å². The Kier molecular flexibility index (Phi) is 8.15. The molecule has 1 aromatic heterocycles. The lowest BCUT2D eigenvalue weighted by Crippen LogP contribution is -2.46. The van der Waals surface area contributed by atoms with E-state index in [0.717, 1.165) is 25.2 Å². The minimum absolute atomic E-state index is 0.113. The Morgan fingerprint density at radius 3 is 2.35 bits per heavy atom. The summed E-state index contributed by atoms with van der Waals surface area (Å²) in [4.78, 5) is 22.1. The number of nitrogens with zero attached hydrogens (tertiary/aromatic N) is 5. The molecule has 180 valence electrons. The summed E-state index contributed by atoms with van der Waals surface area (Å²) in [5.74, 6) is 0.403. The molecule has 11 heteroatoms. The molecule has 2 aromatic rings. The van der Waals surface area contributed by atoms with Crippen molar-refractivity contribution in [1.82, 2.24) is 25.0 Å². The number of nitro groups is 1. The molecule has 0 unspecified atom stereocenters. The van der Waals surface area contributed by atoms with Gasteiger partial charge in [0.1, 0.15) is 9.64 Å². The second-order valence-electron chi connectivity index (χ2n) is 8.15. The van der Waals surface area contributed by atoms with Gasteiger partial charge in [0.25, 0.3) is 0 Å². The van der Waals surface area contributed by atoms with Crippen LogP contribution >= 0.6 is 34.8 Å². The van der Waals surface area contributed by atoms with Gasteiger partial charge in [0.2, 0.25) is 0 Å². The van der Waals surface area contributed by atoms with E-state index in [4.69, 9.17) is 34.8 Å². The van der Waals surface area contributed by atoms with Crippen LogP contribution in [0.3, 0.4) is 0 Å². The number of rotatable bonds is 7. The zero-order chi connectivity index (χ0) is 24.1. The van der Waals surface area contributed by atoms with Gasteiger partial charge in [0.05, 0.1) is 4.92 Å². The number of piperazine rings is 1. The number of nitrogens with one attached hydrogen (secondary N) is 1. The topological polar surface area (TPSA) is 77.8 Å². The Morgan fingerprint density at radius 1 is 1.00 bits per heavy atom. The summed E-state index contributed by atoms with van der Waals surface area (Å²) in [6, 6.07) is 13.8. The van der Waals surface area contributed by atoms with Gasteiger partial charge in [-0.05, 0) is 17.2 Å². The quantitative estimate of drug-likeness (QED) is 0.333. The van der Waals surface area contributed by atoms with Crippen LogP contribution in [0, 0.1) is 10.1 Å². The fraction of sp³-hybridized carbons (Fsp3) is 0.348. The highest BCUT2D eigenvalue weighted by molar-refractivity contribution is 6.56. The third kappa shape index (κ3) is 5.93. The van der Waals surface area contributed by atoms with E-state index in [9.17, 15) is 10.1 Å². The van der Waals surface area contributed by atoms with Crippen LogP contribution in [0.1, 0.15) is 11.1 Å². The molecule has 4 rings (SSSR count). The molecule has 0 radical (unpaired) electrons. The first-order valence-corrected chi connectivity index (χ1v) is 12.1. The van der Waals surface area contributed by atoms with E-state index in [-0.39, 0.29) is 15.9 Å². The van der Waals surface area contributed by atoms with E-state index in [1.165, 1.54) is 5.56 Å². The van der Waals surface area contributed by atoms with Crippen molar-refractivity contribution in [1.29, 1.82) is 0 Å². The summed E-state index contributed by atoms with van der Waals surface area (Å²) in [5, 5.41) is 15.8. The normalized spacial score (nSPS) is 18.0. The standard InChI is InChI=1S/C23H25Cl3N6O2/c24-19-7-6-18(14-28-19)16-31-9-8-27-23(31)21(32(33)34)20(22(25)26)30-12-10-29(11-13-30)15-17-4-2-1-3-5-17/h1-7,14,27H,8-13,15-16H2. The lowest BCUT2D eigenvalue weighted by atomic mass is 10.2. The fourth-order valence-corrected chi connectivity index (χ4v) is 4.79. The van der Waals surface area contributed by atoms with Crippen molar-refractivity contribution in [2.45, 2.75) is 13.1 Å². The highest BCUT2D eigenvalue weighted by atomic mass is 35.5. The largest absolute Gasteiger partial charge is 0.364 e. The highest BCUT2D eigenvalue weighted by Crippen LogP contribution is 2.31. The number of aromatic nitrogens is 1. The van der Waals surface area contributed by atoms with Crippen molar-refractivity contribution in [2.24, 2.45) is 0 Å². The minimum atomic E-state index is -0.406. The molecule has 2 aliphatic heterocycles. The van der Waals surface area contributed by atoms with Gasteiger partial charge in [-0.15, -0.1) is 0 Å². The number of benzene rings is 1. The van der Waals surface area contributed by atoms with Crippen molar-refractivity contribution in [2.75, 3.05) is 39.3 Å². The first kappa shape index (κ1) is 24.6. The van der Waals surface area contributed by atoms with E-state index in [2.05, 4.69) is 27.3 Å². The summed E-state index contributed by atoms with van der Waals surface area (Å²) in [6.45, 7) is 5.10. The van der Waals surface area contributed by atoms with Crippen LogP contribution in [0.25, 0.3) is 0 Å². The molecule has 34 heavy (non-hydrogen) atoms. The maximum Gasteiger partial charge on any atom is 0.334 e. The molecule has 0 atom stereocenters. The molecule has 2 fully saturated rings. The summed E-state index contributed by atoms with van der Waals surface area (Å²) >= 11 is 18.4. The van der Waals surface area contributed by atoms with Gasteiger partial charge in [-0.1, -0.05) is 71.2 Å². The highest BCUT2D eigenvalue weighted by Gasteiger charge is 2.36. The Balaban J connectivity index is 1.54. The van der Waals surface area contributed by atoms with Crippen molar-refractivity contribution in [3.63, 3.8) is 0 Å². The number of pyridine rings is 1. The molecule has 0 aliphatic carbocycles. The summed E-state index contributed by atoms with van der Waals surface area (Å²) in [5.41, 5.74) is 2.26. The SMILES string of the molecule is O=[N+]([O-])C(=C1NCCN1Cc1ccc(Cl)nc1)C(=C(Cl)Cl)N1CCN(Cc2ccccc2)CC1. The molecule has 2 saturated heterocycles. The third-order valence-corrected chi connectivity index (χ3v) is 6.48. The Labute approximate surface area is 213 Å². The molecule has 2 aliphatic rings. The summed E-state index contributed by atoms with van der Waals surface area (Å²) < 4.78 is -0.113. The van der Waals surface area contributed by atoms with E-state index in [1.54, 1.807) is 12.3 Å². The predicted octanol–water partition coefficient (Wildman–Crippen LogP) is 4.05. The van der Waals surface area contributed by atoms with Gasteiger partial charge < -0.3 is 15.1 Å². The molecule has 1 aromatic carbocycles. The van der Waals surface area contributed by atoms with Crippen molar-refractivity contribution >= 4 is 34.8 Å². The van der Waals surface area contributed by atoms with E-state index in [0.29, 0.717) is 43.7 Å². The van der Waals surface area contributed by atoms with Crippen molar-refractivity contribution in [3.05, 3.63) is 96.8 Å². The van der Waals surface area contributed by atoms with Crippen LogP contribution in [-0.2, 0) is 13.1 Å². The second-order valence-corrected chi connectivity index (χ2v) is 9.49. The second kappa shape index (κ2) is 11.3. The van der Waals surface area contributed by atoms with Gasteiger partial charge in [0.15, 0.2) is 11.5 Å². The van der Waals surface area contributed by atoms with E-state index in [1.807, 2.05) is 34.1 Å².